The van der Waals surface area contributed by atoms with Gasteiger partial charge in [0.25, 0.3) is 0 Å². The van der Waals surface area contributed by atoms with Crippen molar-refractivity contribution in [1.82, 2.24) is 5.32 Å². The fourth-order valence-electron chi connectivity index (χ4n) is 1.69. The number of nitrogens with one attached hydrogen (secondary N) is 1. The van der Waals surface area contributed by atoms with Crippen molar-refractivity contribution in [2.24, 2.45) is 5.73 Å². The van der Waals surface area contributed by atoms with E-state index < -0.39 is 10.8 Å². The number of rotatable bonds is 5. The molecule has 0 saturated heterocycles. The van der Waals surface area contributed by atoms with Crippen LogP contribution in [0.1, 0.15) is 25.7 Å². The lowest BCUT2D eigenvalue weighted by Crippen LogP contribution is -2.36. The minimum atomic E-state index is -1.09. The Labute approximate surface area is 87.1 Å². The summed E-state index contributed by atoms with van der Waals surface area (Å²) in [7, 11) is -1.09. The average molecular weight is 218 g/mol. The smallest absolute Gasteiger partial charge is 0.232 e. The van der Waals surface area contributed by atoms with E-state index in [0.29, 0.717) is 18.3 Å². The molecular formula is C9H18N2O2S. The molecule has 0 aliphatic heterocycles. The maximum absolute atomic E-state index is 11.3. The molecule has 0 aromatic heterocycles. The van der Waals surface area contributed by atoms with Gasteiger partial charge in [0.2, 0.25) is 5.91 Å². The molecule has 0 aromatic rings. The third kappa shape index (κ3) is 4.19. The molecule has 1 aliphatic carbocycles. The Hall–Kier alpha value is -0.420. The number of amides is 1. The molecule has 1 fully saturated rings. The number of carbonyl (C=O) groups is 1. The van der Waals surface area contributed by atoms with Gasteiger partial charge in [0, 0.05) is 29.1 Å². The predicted molar refractivity (Wildman–Crippen MR) is 57.3 cm³/mol. The zero-order valence-electron chi connectivity index (χ0n) is 8.33. The van der Waals surface area contributed by atoms with Crippen LogP contribution in [0.4, 0.5) is 0 Å². The van der Waals surface area contributed by atoms with Crippen molar-refractivity contribution in [3.63, 3.8) is 0 Å². The minimum absolute atomic E-state index is 0.0938. The summed E-state index contributed by atoms with van der Waals surface area (Å²) in [5.41, 5.74) is 5.24. The SMILES string of the molecule is NCCS(=O)CC(=O)NC1CCCC1. The Morgan fingerprint density at radius 2 is 2.07 bits per heavy atom. The number of carbonyl (C=O) groups excluding carboxylic acids is 1. The second-order valence-electron chi connectivity index (χ2n) is 3.63. The first-order valence-electron chi connectivity index (χ1n) is 5.07. The molecule has 4 nitrogen and oxygen atoms in total. The Kier molecular flexibility index (Phi) is 5.11. The van der Waals surface area contributed by atoms with Gasteiger partial charge in [-0.25, -0.2) is 0 Å². The summed E-state index contributed by atoms with van der Waals surface area (Å²) in [6.45, 7) is 0.378. The van der Waals surface area contributed by atoms with E-state index in [1.807, 2.05) is 0 Å². The number of hydrogen-bond acceptors (Lipinski definition) is 3. The van der Waals surface area contributed by atoms with E-state index in [0.717, 1.165) is 12.8 Å². The Morgan fingerprint density at radius 1 is 1.43 bits per heavy atom. The molecule has 5 heteroatoms. The summed E-state index contributed by atoms with van der Waals surface area (Å²) in [4.78, 5) is 11.3. The summed E-state index contributed by atoms with van der Waals surface area (Å²) < 4.78 is 11.2. The van der Waals surface area contributed by atoms with E-state index >= 15 is 0 Å². The largest absolute Gasteiger partial charge is 0.353 e. The maximum atomic E-state index is 11.3. The highest BCUT2D eigenvalue weighted by Gasteiger charge is 2.17. The van der Waals surface area contributed by atoms with E-state index in [2.05, 4.69) is 5.32 Å². The molecule has 1 amide bonds. The van der Waals surface area contributed by atoms with Crippen molar-refractivity contribution in [2.45, 2.75) is 31.7 Å². The third-order valence-corrected chi connectivity index (χ3v) is 3.63. The van der Waals surface area contributed by atoms with Crippen LogP contribution in [0.15, 0.2) is 0 Å². The molecule has 14 heavy (non-hydrogen) atoms. The predicted octanol–water partition coefficient (Wildman–Crippen LogP) is -0.247. The Morgan fingerprint density at radius 3 is 2.64 bits per heavy atom. The second-order valence-corrected chi connectivity index (χ2v) is 5.20. The zero-order chi connectivity index (χ0) is 10.4. The Balaban J connectivity index is 2.17. The first-order valence-corrected chi connectivity index (χ1v) is 6.55. The standard InChI is InChI=1S/C9H18N2O2S/c10-5-6-14(13)7-9(12)11-8-3-1-2-4-8/h8H,1-7,10H2,(H,11,12). The van der Waals surface area contributed by atoms with Crippen LogP contribution in [0.3, 0.4) is 0 Å². The number of nitrogens with two attached hydrogens (primary N) is 1. The van der Waals surface area contributed by atoms with Crippen LogP contribution in [-0.4, -0.2) is 34.2 Å². The molecule has 1 aliphatic rings. The molecule has 0 radical (unpaired) electrons. The summed E-state index contributed by atoms with van der Waals surface area (Å²) in [5.74, 6) is 0.426. The van der Waals surface area contributed by atoms with Gasteiger partial charge < -0.3 is 11.1 Å². The van der Waals surface area contributed by atoms with Crippen LogP contribution in [0, 0.1) is 0 Å². The van der Waals surface area contributed by atoms with Crippen molar-refractivity contribution in [1.29, 1.82) is 0 Å². The normalized spacial score (nSPS) is 19.5. The van der Waals surface area contributed by atoms with Gasteiger partial charge in [-0.15, -0.1) is 0 Å². The molecule has 82 valence electrons. The van der Waals surface area contributed by atoms with E-state index in [9.17, 15) is 9.00 Å². The van der Waals surface area contributed by atoms with E-state index in [4.69, 9.17) is 5.73 Å². The number of hydrogen-bond donors (Lipinski definition) is 2. The van der Waals surface area contributed by atoms with Crippen LogP contribution < -0.4 is 11.1 Å². The molecule has 0 spiro atoms. The van der Waals surface area contributed by atoms with E-state index in [-0.39, 0.29) is 11.7 Å². The van der Waals surface area contributed by atoms with Gasteiger partial charge in [-0.05, 0) is 12.8 Å². The fourth-order valence-corrected chi connectivity index (χ4v) is 2.47. The molecular weight excluding hydrogens is 200 g/mol. The molecule has 1 atom stereocenters. The zero-order valence-corrected chi connectivity index (χ0v) is 9.15. The van der Waals surface area contributed by atoms with Crippen molar-refractivity contribution in [3.8, 4) is 0 Å². The monoisotopic (exact) mass is 218 g/mol. The highest BCUT2D eigenvalue weighted by molar-refractivity contribution is 7.85. The summed E-state index contributed by atoms with van der Waals surface area (Å²) in [6, 6.07) is 0.317. The van der Waals surface area contributed by atoms with Crippen molar-refractivity contribution in [2.75, 3.05) is 18.1 Å². The molecule has 3 N–H and O–H groups in total. The van der Waals surface area contributed by atoms with Gasteiger partial charge in [0.15, 0.2) is 0 Å². The second kappa shape index (κ2) is 6.14. The van der Waals surface area contributed by atoms with Gasteiger partial charge >= 0.3 is 0 Å². The van der Waals surface area contributed by atoms with Crippen molar-refractivity contribution in [3.05, 3.63) is 0 Å². The van der Waals surface area contributed by atoms with Crippen LogP contribution in [0.25, 0.3) is 0 Å². The molecule has 1 unspecified atom stereocenters. The lowest BCUT2D eigenvalue weighted by molar-refractivity contribution is -0.119. The van der Waals surface area contributed by atoms with Crippen molar-refractivity contribution >= 4 is 16.7 Å². The average Bonchev–Trinajstić information content (AvgIpc) is 2.56. The topological polar surface area (TPSA) is 72.2 Å². The van der Waals surface area contributed by atoms with Gasteiger partial charge in [-0.2, -0.15) is 0 Å². The molecule has 0 bridgehead atoms. The third-order valence-electron chi connectivity index (χ3n) is 2.36. The molecule has 1 rings (SSSR count). The first-order chi connectivity index (χ1) is 6.72. The van der Waals surface area contributed by atoms with E-state index in [1.165, 1.54) is 12.8 Å². The Bertz CT molecular complexity index is 215. The lowest BCUT2D eigenvalue weighted by Gasteiger charge is -2.11. The van der Waals surface area contributed by atoms with E-state index in [1.54, 1.807) is 0 Å². The quantitative estimate of drug-likeness (QED) is 0.668. The van der Waals surface area contributed by atoms with Crippen molar-refractivity contribution < 1.29 is 9.00 Å². The van der Waals surface area contributed by atoms with Crippen LogP contribution in [0.2, 0.25) is 0 Å². The fraction of sp³-hybridized carbons (Fsp3) is 0.889. The molecule has 0 heterocycles. The van der Waals surface area contributed by atoms with Crippen LogP contribution >= 0.6 is 0 Å². The molecule has 1 saturated carbocycles. The molecule has 0 aromatic carbocycles. The van der Waals surface area contributed by atoms with Gasteiger partial charge in [-0.1, -0.05) is 12.8 Å². The van der Waals surface area contributed by atoms with Crippen LogP contribution in [0.5, 0.6) is 0 Å². The summed E-state index contributed by atoms with van der Waals surface area (Å²) >= 11 is 0. The van der Waals surface area contributed by atoms with Gasteiger partial charge in [-0.3, -0.25) is 9.00 Å². The van der Waals surface area contributed by atoms with Crippen LogP contribution in [-0.2, 0) is 15.6 Å². The van der Waals surface area contributed by atoms with Gasteiger partial charge in [0.1, 0.15) is 5.75 Å². The summed E-state index contributed by atoms with van der Waals surface area (Å²) in [6.07, 6.45) is 4.51. The first kappa shape index (κ1) is 11.7. The minimum Gasteiger partial charge on any atom is -0.353 e. The van der Waals surface area contributed by atoms with Gasteiger partial charge in [0.05, 0.1) is 0 Å². The highest BCUT2D eigenvalue weighted by Crippen LogP contribution is 2.17. The lowest BCUT2D eigenvalue weighted by atomic mass is 10.2. The maximum Gasteiger partial charge on any atom is 0.232 e. The summed E-state index contributed by atoms with van der Waals surface area (Å²) in [5, 5.41) is 2.90. The highest BCUT2D eigenvalue weighted by atomic mass is 32.2.